The molecule has 4 rings (SSSR count). The van der Waals surface area contributed by atoms with Crippen molar-refractivity contribution < 1.29 is 14.0 Å². The van der Waals surface area contributed by atoms with Gasteiger partial charge in [-0.3, -0.25) is 14.5 Å². The van der Waals surface area contributed by atoms with Gasteiger partial charge in [-0.05, 0) is 30.3 Å². The lowest BCUT2D eigenvalue weighted by Crippen LogP contribution is -2.50. The predicted octanol–water partition coefficient (Wildman–Crippen LogP) is 2.27. The van der Waals surface area contributed by atoms with Gasteiger partial charge < -0.3 is 14.6 Å². The number of aromatic nitrogens is 1. The maximum Gasteiger partial charge on any atom is 0.255 e. The number of halogens is 1. The molecule has 3 aromatic rings. The summed E-state index contributed by atoms with van der Waals surface area (Å²) in [5.74, 6) is -0.880. The first-order valence-corrected chi connectivity index (χ1v) is 9.73. The number of fused-ring (bicyclic) bond motifs is 1. The molecule has 0 bridgehead atoms. The second-order valence-corrected chi connectivity index (χ2v) is 7.13. The minimum atomic E-state index is -0.518. The van der Waals surface area contributed by atoms with Crippen molar-refractivity contribution in [1.82, 2.24) is 19.5 Å². The van der Waals surface area contributed by atoms with Crippen LogP contribution in [0.1, 0.15) is 20.7 Å². The maximum atomic E-state index is 13.6. The molecule has 150 valence electrons. The van der Waals surface area contributed by atoms with Crippen LogP contribution in [0, 0.1) is 5.82 Å². The Morgan fingerprint density at radius 2 is 1.76 bits per heavy atom. The normalized spacial score (nSPS) is 14.9. The van der Waals surface area contributed by atoms with Crippen molar-refractivity contribution in [2.75, 3.05) is 39.3 Å². The fourth-order valence-corrected chi connectivity index (χ4v) is 3.60. The fourth-order valence-electron chi connectivity index (χ4n) is 3.60. The van der Waals surface area contributed by atoms with Gasteiger partial charge in [0.2, 0.25) is 0 Å². The number of rotatable bonds is 5. The molecular weight excluding hydrogens is 371 g/mol. The van der Waals surface area contributed by atoms with Crippen LogP contribution in [0.25, 0.3) is 5.52 Å². The molecule has 0 unspecified atom stereocenters. The van der Waals surface area contributed by atoms with Crippen LogP contribution < -0.4 is 5.32 Å². The molecule has 1 N–H and O–H groups in total. The number of amides is 2. The molecule has 6 nitrogen and oxygen atoms in total. The second kappa shape index (κ2) is 8.45. The zero-order chi connectivity index (χ0) is 20.2. The van der Waals surface area contributed by atoms with Crippen molar-refractivity contribution in [3.8, 4) is 0 Å². The van der Waals surface area contributed by atoms with Crippen LogP contribution in [0.4, 0.5) is 4.39 Å². The van der Waals surface area contributed by atoms with Gasteiger partial charge in [0.15, 0.2) is 0 Å². The zero-order valence-corrected chi connectivity index (χ0v) is 16.1. The van der Waals surface area contributed by atoms with E-state index in [-0.39, 0.29) is 11.5 Å². The number of pyridine rings is 1. The van der Waals surface area contributed by atoms with Crippen molar-refractivity contribution in [1.29, 1.82) is 0 Å². The first-order chi connectivity index (χ1) is 14.1. The summed E-state index contributed by atoms with van der Waals surface area (Å²) in [6.07, 6.45) is 3.79. The molecule has 1 aromatic carbocycles. The Hall–Kier alpha value is -3.19. The second-order valence-electron chi connectivity index (χ2n) is 7.13. The Morgan fingerprint density at radius 1 is 1.00 bits per heavy atom. The van der Waals surface area contributed by atoms with Gasteiger partial charge in [0.05, 0.1) is 11.1 Å². The first-order valence-electron chi connectivity index (χ1n) is 9.73. The lowest BCUT2D eigenvalue weighted by molar-refractivity contribution is 0.0638. The number of carbonyl (C=O) groups is 2. The van der Waals surface area contributed by atoms with E-state index >= 15 is 0 Å². The van der Waals surface area contributed by atoms with E-state index in [0.29, 0.717) is 31.7 Å². The van der Waals surface area contributed by atoms with E-state index in [1.54, 1.807) is 12.1 Å². The standard InChI is InChI=1S/C22H23FN4O2/c23-20-7-2-1-6-19(20)21(28)24-8-10-25-11-13-26(14-12-25)22(29)17-15-18-5-3-4-9-27(18)16-17/h1-7,9,15-16H,8,10-14H2,(H,24,28). The molecule has 3 heterocycles. The monoisotopic (exact) mass is 394 g/mol. The van der Waals surface area contributed by atoms with Crippen LogP contribution in [0.5, 0.6) is 0 Å². The summed E-state index contributed by atoms with van der Waals surface area (Å²) in [4.78, 5) is 28.9. The number of nitrogens with zero attached hydrogens (tertiary/aromatic N) is 3. The highest BCUT2D eigenvalue weighted by atomic mass is 19.1. The lowest BCUT2D eigenvalue weighted by Gasteiger charge is -2.34. The molecule has 1 fully saturated rings. The van der Waals surface area contributed by atoms with Crippen LogP contribution >= 0.6 is 0 Å². The van der Waals surface area contributed by atoms with Crippen LogP contribution in [0.15, 0.2) is 60.9 Å². The van der Waals surface area contributed by atoms with Crippen molar-refractivity contribution in [3.05, 3.63) is 77.9 Å². The molecule has 7 heteroatoms. The Kier molecular flexibility index (Phi) is 5.57. The van der Waals surface area contributed by atoms with Crippen LogP contribution in [-0.2, 0) is 0 Å². The third-order valence-electron chi connectivity index (χ3n) is 5.24. The molecule has 2 aromatic heterocycles. The van der Waals surface area contributed by atoms with Gasteiger partial charge in [-0.1, -0.05) is 18.2 Å². The molecular formula is C22H23FN4O2. The molecule has 0 atom stereocenters. The summed E-state index contributed by atoms with van der Waals surface area (Å²) < 4.78 is 15.6. The highest BCUT2D eigenvalue weighted by Gasteiger charge is 2.23. The number of hydrogen-bond acceptors (Lipinski definition) is 3. The summed E-state index contributed by atoms with van der Waals surface area (Å²) in [6, 6.07) is 13.7. The van der Waals surface area contributed by atoms with E-state index in [4.69, 9.17) is 0 Å². The summed E-state index contributed by atoms with van der Waals surface area (Å²) in [7, 11) is 0. The SMILES string of the molecule is O=C(NCCN1CCN(C(=O)c2cc3ccccn3c2)CC1)c1ccccc1F. The molecule has 29 heavy (non-hydrogen) atoms. The lowest BCUT2D eigenvalue weighted by atomic mass is 10.2. The van der Waals surface area contributed by atoms with Gasteiger partial charge in [0, 0.05) is 57.2 Å². The minimum absolute atomic E-state index is 0.0428. The number of hydrogen-bond donors (Lipinski definition) is 1. The van der Waals surface area contributed by atoms with Crippen molar-refractivity contribution in [3.63, 3.8) is 0 Å². The van der Waals surface area contributed by atoms with Gasteiger partial charge in [-0.2, -0.15) is 0 Å². The highest BCUT2D eigenvalue weighted by Crippen LogP contribution is 2.14. The molecule has 2 amide bonds. The van der Waals surface area contributed by atoms with E-state index in [9.17, 15) is 14.0 Å². The predicted molar refractivity (Wildman–Crippen MR) is 108 cm³/mol. The summed E-state index contributed by atoms with van der Waals surface area (Å²) in [6.45, 7) is 3.88. The van der Waals surface area contributed by atoms with Gasteiger partial charge in [0.25, 0.3) is 11.8 Å². The molecule has 0 radical (unpaired) electrons. The average Bonchev–Trinajstić information content (AvgIpc) is 3.18. The van der Waals surface area contributed by atoms with Gasteiger partial charge in [-0.25, -0.2) is 4.39 Å². The van der Waals surface area contributed by atoms with Gasteiger partial charge in [0.1, 0.15) is 5.82 Å². The van der Waals surface area contributed by atoms with Crippen molar-refractivity contribution in [2.24, 2.45) is 0 Å². The quantitative estimate of drug-likeness (QED) is 0.722. The summed E-state index contributed by atoms with van der Waals surface area (Å²) in [5.41, 5.74) is 1.75. The van der Waals surface area contributed by atoms with E-state index < -0.39 is 11.7 Å². The van der Waals surface area contributed by atoms with Crippen LogP contribution in [-0.4, -0.2) is 65.3 Å². The largest absolute Gasteiger partial charge is 0.351 e. The minimum Gasteiger partial charge on any atom is -0.351 e. The van der Waals surface area contributed by atoms with Crippen LogP contribution in [0.2, 0.25) is 0 Å². The Labute approximate surface area is 168 Å². The van der Waals surface area contributed by atoms with Crippen molar-refractivity contribution in [2.45, 2.75) is 0 Å². The number of carbonyl (C=O) groups excluding carboxylic acids is 2. The smallest absolute Gasteiger partial charge is 0.255 e. The van der Waals surface area contributed by atoms with Crippen LogP contribution in [0.3, 0.4) is 0 Å². The molecule has 0 aliphatic carbocycles. The maximum absolute atomic E-state index is 13.6. The summed E-state index contributed by atoms with van der Waals surface area (Å²) in [5, 5.41) is 2.76. The highest BCUT2D eigenvalue weighted by molar-refractivity contribution is 5.96. The fraction of sp³-hybridized carbons (Fsp3) is 0.273. The number of nitrogens with one attached hydrogen (secondary N) is 1. The van der Waals surface area contributed by atoms with Crippen molar-refractivity contribution >= 4 is 17.3 Å². The summed E-state index contributed by atoms with van der Waals surface area (Å²) >= 11 is 0. The average molecular weight is 394 g/mol. The van der Waals surface area contributed by atoms with Gasteiger partial charge >= 0.3 is 0 Å². The third kappa shape index (κ3) is 4.30. The van der Waals surface area contributed by atoms with E-state index in [2.05, 4.69) is 10.2 Å². The van der Waals surface area contributed by atoms with E-state index in [0.717, 1.165) is 18.6 Å². The Bertz CT molecular complexity index is 991. The first kappa shape index (κ1) is 19.1. The topological polar surface area (TPSA) is 57.1 Å². The molecule has 1 aliphatic rings. The number of benzene rings is 1. The molecule has 0 saturated carbocycles. The van der Waals surface area contributed by atoms with E-state index in [1.807, 2.05) is 46.0 Å². The molecule has 0 spiro atoms. The Balaban J connectivity index is 1.24. The third-order valence-corrected chi connectivity index (χ3v) is 5.24. The Morgan fingerprint density at radius 3 is 2.52 bits per heavy atom. The molecule has 1 aliphatic heterocycles. The van der Waals surface area contributed by atoms with E-state index in [1.165, 1.54) is 12.1 Å². The zero-order valence-electron chi connectivity index (χ0n) is 16.1. The molecule has 1 saturated heterocycles. The number of piperazine rings is 1. The van der Waals surface area contributed by atoms with Gasteiger partial charge in [-0.15, -0.1) is 0 Å².